The van der Waals surface area contributed by atoms with Gasteiger partial charge in [-0.25, -0.2) is 9.37 Å². The van der Waals surface area contributed by atoms with Crippen LogP contribution in [0.25, 0.3) is 0 Å². The number of benzene rings is 2. The van der Waals surface area contributed by atoms with E-state index in [-0.39, 0.29) is 22.9 Å². The minimum Gasteiger partial charge on any atom is -0.321 e. The van der Waals surface area contributed by atoms with Crippen molar-refractivity contribution in [2.75, 3.05) is 10.6 Å². The van der Waals surface area contributed by atoms with Crippen LogP contribution in [0.5, 0.6) is 0 Å². The highest BCUT2D eigenvalue weighted by molar-refractivity contribution is 6.06. The number of nitrogens with one attached hydrogen (secondary N) is 2. The van der Waals surface area contributed by atoms with Gasteiger partial charge in [-0.2, -0.15) is 0 Å². The molecule has 0 aliphatic carbocycles. The number of anilines is 2. The van der Waals surface area contributed by atoms with Crippen LogP contribution >= 0.6 is 0 Å². The summed E-state index contributed by atoms with van der Waals surface area (Å²) in [4.78, 5) is 40.0. The molecule has 2 N–H and O–H groups in total. The smallest absolute Gasteiger partial charge is 0.274 e. The van der Waals surface area contributed by atoms with E-state index in [0.717, 1.165) is 0 Å². The summed E-state index contributed by atoms with van der Waals surface area (Å²) < 4.78 is 13.7. The SMILES string of the molecule is CC(=O)c1ccc(NC(=O)c2cccc(C(=O)Nc3ccccc3F)n2)cc1. The molecule has 0 aliphatic heterocycles. The third-order valence-electron chi connectivity index (χ3n) is 3.89. The molecule has 0 saturated carbocycles. The maximum Gasteiger partial charge on any atom is 0.274 e. The Labute approximate surface area is 160 Å². The molecule has 0 bridgehead atoms. The van der Waals surface area contributed by atoms with Crippen LogP contribution < -0.4 is 10.6 Å². The molecule has 0 saturated heterocycles. The summed E-state index contributed by atoms with van der Waals surface area (Å²) in [7, 11) is 0. The number of amides is 2. The summed E-state index contributed by atoms with van der Waals surface area (Å²) in [6, 6.07) is 16.5. The van der Waals surface area contributed by atoms with E-state index in [1.54, 1.807) is 30.3 Å². The van der Waals surface area contributed by atoms with Gasteiger partial charge in [-0.15, -0.1) is 0 Å². The van der Waals surface area contributed by atoms with E-state index < -0.39 is 17.6 Å². The largest absolute Gasteiger partial charge is 0.321 e. The Kier molecular flexibility index (Phi) is 5.55. The average Bonchev–Trinajstić information content (AvgIpc) is 2.70. The molecular formula is C21H16FN3O3. The highest BCUT2D eigenvalue weighted by Crippen LogP contribution is 2.14. The number of carbonyl (C=O) groups is 3. The second-order valence-electron chi connectivity index (χ2n) is 5.93. The summed E-state index contributed by atoms with van der Waals surface area (Å²) in [6.07, 6.45) is 0. The normalized spacial score (nSPS) is 10.2. The molecule has 0 unspecified atom stereocenters. The van der Waals surface area contributed by atoms with Crippen molar-refractivity contribution in [2.24, 2.45) is 0 Å². The Morgan fingerprint density at radius 2 is 1.39 bits per heavy atom. The minimum absolute atomic E-state index is 0.0229. The fourth-order valence-corrected chi connectivity index (χ4v) is 2.42. The van der Waals surface area contributed by atoms with Crippen molar-refractivity contribution >= 4 is 29.0 Å². The van der Waals surface area contributed by atoms with Crippen molar-refractivity contribution in [3.05, 3.63) is 89.5 Å². The number of carbonyl (C=O) groups excluding carboxylic acids is 3. The summed E-state index contributed by atoms with van der Waals surface area (Å²) in [5.74, 6) is -1.80. The van der Waals surface area contributed by atoms with E-state index in [4.69, 9.17) is 0 Å². The van der Waals surface area contributed by atoms with E-state index in [1.807, 2.05) is 0 Å². The standard InChI is InChI=1S/C21H16FN3O3/c1-13(26)14-9-11-15(12-10-14)23-20(27)18-7-4-8-19(24-18)21(28)25-17-6-3-2-5-16(17)22/h2-12H,1H3,(H,23,27)(H,25,28). The number of halogens is 1. The molecule has 0 aliphatic rings. The molecule has 2 amide bonds. The Hall–Kier alpha value is -3.87. The van der Waals surface area contributed by atoms with Crippen LogP contribution in [0.15, 0.2) is 66.7 Å². The zero-order valence-electron chi connectivity index (χ0n) is 14.9. The average molecular weight is 377 g/mol. The first kappa shape index (κ1) is 18.9. The fraction of sp³-hybridized carbons (Fsp3) is 0.0476. The van der Waals surface area contributed by atoms with Crippen LogP contribution in [0.2, 0.25) is 0 Å². The Morgan fingerprint density at radius 3 is 2.00 bits per heavy atom. The Morgan fingerprint density at radius 1 is 0.786 bits per heavy atom. The first-order valence-corrected chi connectivity index (χ1v) is 8.39. The zero-order chi connectivity index (χ0) is 20.1. The first-order chi connectivity index (χ1) is 13.4. The van der Waals surface area contributed by atoms with Crippen molar-refractivity contribution in [3.8, 4) is 0 Å². The summed E-state index contributed by atoms with van der Waals surface area (Å²) in [6.45, 7) is 1.45. The molecule has 28 heavy (non-hydrogen) atoms. The third-order valence-corrected chi connectivity index (χ3v) is 3.89. The van der Waals surface area contributed by atoms with Crippen molar-refractivity contribution in [1.82, 2.24) is 4.98 Å². The molecule has 7 heteroatoms. The van der Waals surface area contributed by atoms with Crippen molar-refractivity contribution in [1.29, 1.82) is 0 Å². The number of rotatable bonds is 5. The van der Waals surface area contributed by atoms with E-state index in [0.29, 0.717) is 11.3 Å². The van der Waals surface area contributed by atoms with Crippen LogP contribution in [0, 0.1) is 5.82 Å². The van der Waals surface area contributed by atoms with Gasteiger partial charge in [0.2, 0.25) is 0 Å². The lowest BCUT2D eigenvalue weighted by Crippen LogP contribution is -2.19. The molecule has 0 spiro atoms. The van der Waals surface area contributed by atoms with E-state index in [1.165, 1.54) is 43.3 Å². The second-order valence-corrected chi connectivity index (χ2v) is 5.93. The number of aromatic nitrogens is 1. The first-order valence-electron chi connectivity index (χ1n) is 8.39. The second kappa shape index (κ2) is 8.22. The van der Waals surface area contributed by atoms with Gasteiger partial charge in [0, 0.05) is 11.3 Å². The minimum atomic E-state index is -0.634. The molecule has 3 aromatic rings. The van der Waals surface area contributed by atoms with E-state index in [2.05, 4.69) is 15.6 Å². The summed E-state index contributed by atoms with van der Waals surface area (Å²) >= 11 is 0. The van der Waals surface area contributed by atoms with Gasteiger partial charge in [-0.05, 0) is 55.5 Å². The maximum absolute atomic E-state index is 13.7. The van der Waals surface area contributed by atoms with E-state index >= 15 is 0 Å². The predicted octanol–water partition coefficient (Wildman–Crippen LogP) is 3.93. The quantitative estimate of drug-likeness (QED) is 0.660. The number of Topliss-reactive ketones (excluding diaryl/α,β-unsaturated/α-hetero) is 1. The molecule has 3 rings (SSSR count). The molecule has 1 aromatic heterocycles. The molecule has 1 heterocycles. The van der Waals surface area contributed by atoms with Crippen molar-refractivity contribution < 1.29 is 18.8 Å². The predicted molar refractivity (Wildman–Crippen MR) is 103 cm³/mol. The number of para-hydroxylation sites is 1. The lowest BCUT2D eigenvalue weighted by atomic mass is 10.1. The molecule has 2 aromatic carbocycles. The van der Waals surface area contributed by atoms with Crippen molar-refractivity contribution in [2.45, 2.75) is 6.92 Å². The van der Waals surface area contributed by atoms with Gasteiger partial charge < -0.3 is 10.6 Å². The lowest BCUT2D eigenvalue weighted by molar-refractivity contribution is 0.100. The van der Waals surface area contributed by atoms with Gasteiger partial charge >= 0.3 is 0 Å². The highest BCUT2D eigenvalue weighted by Gasteiger charge is 2.14. The molecule has 140 valence electrons. The number of hydrogen-bond acceptors (Lipinski definition) is 4. The summed E-state index contributed by atoms with van der Waals surface area (Å²) in [5, 5.41) is 5.06. The van der Waals surface area contributed by atoms with Gasteiger partial charge in [0.05, 0.1) is 5.69 Å². The number of pyridine rings is 1. The van der Waals surface area contributed by atoms with Crippen molar-refractivity contribution in [3.63, 3.8) is 0 Å². The van der Waals surface area contributed by atoms with Crippen LogP contribution in [0.3, 0.4) is 0 Å². The van der Waals surface area contributed by atoms with Gasteiger partial charge in [0.15, 0.2) is 5.78 Å². The fourth-order valence-electron chi connectivity index (χ4n) is 2.42. The monoisotopic (exact) mass is 377 g/mol. The topological polar surface area (TPSA) is 88.2 Å². The highest BCUT2D eigenvalue weighted by atomic mass is 19.1. The zero-order valence-corrected chi connectivity index (χ0v) is 14.9. The molecular weight excluding hydrogens is 361 g/mol. The third kappa shape index (κ3) is 4.45. The maximum atomic E-state index is 13.7. The van der Waals surface area contributed by atoms with Crippen LogP contribution in [-0.4, -0.2) is 22.6 Å². The van der Waals surface area contributed by atoms with Crippen LogP contribution in [-0.2, 0) is 0 Å². The number of ketones is 1. The molecule has 0 atom stereocenters. The van der Waals surface area contributed by atoms with E-state index in [9.17, 15) is 18.8 Å². The molecule has 0 radical (unpaired) electrons. The molecule has 0 fully saturated rings. The Bertz CT molecular complexity index is 1050. The lowest BCUT2D eigenvalue weighted by Gasteiger charge is -2.08. The number of nitrogens with zero attached hydrogens (tertiary/aromatic N) is 1. The summed E-state index contributed by atoms with van der Waals surface area (Å²) in [5.41, 5.74) is 1.04. The Balaban J connectivity index is 1.73. The number of hydrogen-bond donors (Lipinski definition) is 2. The van der Waals surface area contributed by atoms with Crippen LogP contribution in [0.4, 0.5) is 15.8 Å². The molecule has 6 nitrogen and oxygen atoms in total. The van der Waals surface area contributed by atoms with Gasteiger partial charge in [-0.1, -0.05) is 18.2 Å². The van der Waals surface area contributed by atoms with Crippen LogP contribution in [0.1, 0.15) is 38.3 Å². The van der Waals surface area contributed by atoms with Gasteiger partial charge in [-0.3, -0.25) is 14.4 Å². The van der Waals surface area contributed by atoms with Gasteiger partial charge in [0.1, 0.15) is 17.2 Å². The van der Waals surface area contributed by atoms with Gasteiger partial charge in [0.25, 0.3) is 11.8 Å².